The average molecular weight is 327 g/mol. The fraction of sp³-hybridized carbons (Fsp3) is 0.667. The van der Waals surface area contributed by atoms with Crippen molar-refractivity contribution < 1.29 is 5.11 Å². The summed E-state index contributed by atoms with van der Waals surface area (Å²) in [6.45, 7) is 5.04. The van der Waals surface area contributed by atoms with Gasteiger partial charge in [0.25, 0.3) is 0 Å². The van der Waals surface area contributed by atoms with Crippen molar-refractivity contribution >= 4 is 22.7 Å². The van der Waals surface area contributed by atoms with Crippen LogP contribution in [0.4, 0.5) is 0 Å². The van der Waals surface area contributed by atoms with Gasteiger partial charge in [-0.3, -0.25) is 0 Å². The third-order valence-corrected chi connectivity index (χ3v) is 10.3. The van der Waals surface area contributed by atoms with Crippen molar-refractivity contribution in [3.8, 4) is 0 Å². The minimum Gasteiger partial charge on any atom is -0.396 e. The van der Waals surface area contributed by atoms with E-state index in [1.807, 2.05) is 0 Å². The molecule has 1 heterocycles. The first-order valence-corrected chi connectivity index (χ1v) is 11.0. The molecule has 1 aliphatic rings. The van der Waals surface area contributed by atoms with Crippen LogP contribution in [0, 0.1) is 0 Å². The van der Waals surface area contributed by atoms with Gasteiger partial charge in [0.05, 0.1) is 0 Å². The van der Waals surface area contributed by atoms with E-state index in [1.54, 1.807) is 10.5 Å². The highest BCUT2D eigenvalue weighted by molar-refractivity contribution is 8.38. The Kier molecular flexibility index (Phi) is 6.51. The van der Waals surface area contributed by atoms with Crippen LogP contribution in [0.1, 0.15) is 56.6 Å². The molecule has 1 aromatic rings. The molecule has 0 saturated carbocycles. The first-order chi connectivity index (χ1) is 10.2. The van der Waals surface area contributed by atoms with Crippen molar-refractivity contribution in [2.75, 3.05) is 23.2 Å². The van der Waals surface area contributed by atoms with Crippen LogP contribution in [-0.4, -0.2) is 28.3 Å². The highest BCUT2D eigenvalue weighted by Gasteiger charge is 2.32. The van der Waals surface area contributed by atoms with Gasteiger partial charge in [0.2, 0.25) is 0 Å². The van der Waals surface area contributed by atoms with Crippen molar-refractivity contribution in [3.05, 3.63) is 29.3 Å². The summed E-state index contributed by atoms with van der Waals surface area (Å²) in [6.07, 6.45) is 5.72. The zero-order valence-electron chi connectivity index (χ0n) is 13.5. The molecule has 1 aliphatic heterocycles. The molecule has 3 heteroatoms. The second-order valence-electron chi connectivity index (χ2n) is 6.26. The summed E-state index contributed by atoms with van der Waals surface area (Å²) in [5, 5.41) is 9.92. The third-order valence-electron chi connectivity index (χ3n) is 4.94. The third kappa shape index (κ3) is 3.80. The predicted octanol–water partition coefficient (Wildman–Crippen LogP) is 4.97. The van der Waals surface area contributed by atoms with Crippen LogP contribution in [0.5, 0.6) is 0 Å². The molecule has 0 bridgehead atoms. The summed E-state index contributed by atoms with van der Waals surface area (Å²) < 4.78 is 0. The molecular weight excluding hydrogens is 296 g/mol. The number of aryl methyl sites for hydroxylation is 1. The first kappa shape index (κ1) is 17.2. The van der Waals surface area contributed by atoms with Crippen LogP contribution >= 0.6 is 22.7 Å². The Morgan fingerprint density at radius 1 is 1.29 bits per heavy atom. The van der Waals surface area contributed by atoms with Crippen LogP contribution in [0.2, 0.25) is 0 Å². The van der Waals surface area contributed by atoms with Gasteiger partial charge in [-0.15, -0.1) is 0 Å². The number of aliphatic hydroxyl groups excluding tert-OH is 1. The van der Waals surface area contributed by atoms with E-state index in [4.69, 9.17) is 17.7 Å². The van der Waals surface area contributed by atoms with Gasteiger partial charge in [0.15, 0.2) is 0 Å². The molecule has 21 heavy (non-hydrogen) atoms. The summed E-state index contributed by atoms with van der Waals surface area (Å²) in [5.41, 5.74) is 3.07. The number of unbranched alkanes of at least 4 members (excludes halogenated alkanes) is 2. The smallest absolute Gasteiger partial charge is 0.0431 e. The highest BCUT2D eigenvalue weighted by atomic mass is 32.3. The molecule has 0 fully saturated rings. The Bertz CT molecular complexity index is 455. The van der Waals surface area contributed by atoms with Crippen LogP contribution < -0.4 is 0 Å². The topological polar surface area (TPSA) is 20.2 Å². The molecule has 2 unspecified atom stereocenters. The van der Waals surface area contributed by atoms with Crippen LogP contribution in [-0.2, 0) is 6.42 Å². The van der Waals surface area contributed by atoms with Gasteiger partial charge < -0.3 is 5.11 Å². The van der Waals surface area contributed by atoms with Crippen molar-refractivity contribution in [3.63, 3.8) is 0 Å². The first-order valence-electron chi connectivity index (χ1n) is 8.28. The van der Waals surface area contributed by atoms with Gasteiger partial charge in [-0.05, 0) is 65.2 Å². The van der Waals surface area contributed by atoms with Crippen molar-refractivity contribution in [2.45, 2.75) is 56.8 Å². The maximum absolute atomic E-state index is 8.88. The molecule has 2 atom stereocenters. The molecule has 0 amide bonds. The highest BCUT2D eigenvalue weighted by Crippen LogP contribution is 2.62. The summed E-state index contributed by atoms with van der Waals surface area (Å²) >= 11 is 4.73. The number of hydrogen-bond donors (Lipinski definition) is 2. The largest absolute Gasteiger partial charge is 0.396 e. The van der Waals surface area contributed by atoms with E-state index in [1.165, 1.54) is 29.9 Å². The number of benzene rings is 1. The van der Waals surface area contributed by atoms with Gasteiger partial charge in [0, 0.05) is 11.7 Å². The minimum atomic E-state index is -0.699. The lowest BCUT2D eigenvalue weighted by Gasteiger charge is -2.45. The number of aliphatic hydroxyl groups is 1. The quantitative estimate of drug-likeness (QED) is 0.535. The molecule has 0 aromatic heterocycles. The summed E-state index contributed by atoms with van der Waals surface area (Å²) in [7, 11) is -0.699. The van der Waals surface area contributed by atoms with E-state index in [-0.39, 0.29) is 0 Å². The second-order valence-corrected chi connectivity index (χ2v) is 10.8. The van der Waals surface area contributed by atoms with E-state index >= 15 is 0 Å². The van der Waals surface area contributed by atoms with Gasteiger partial charge in [-0.2, -0.15) is 12.6 Å². The van der Waals surface area contributed by atoms with Crippen molar-refractivity contribution in [1.82, 2.24) is 0 Å². The van der Waals surface area contributed by atoms with Gasteiger partial charge in [-0.1, -0.05) is 32.4 Å². The average Bonchev–Trinajstić information content (AvgIpc) is 2.53. The number of hydrogen-bond acceptors (Lipinski definition) is 2. The lowest BCUT2D eigenvalue weighted by molar-refractivity contribution is 0.283. The number of rotatable bonds is 7. The maximum atomic E-state index is 8.88. The van der Waals surface area contributed by atoms with Gasteiger partial charge in [0.1, 0.15) is 0 Å². The fourth-order valence-corrected chi connectivity index (χ4v) is 7.93. The monoisotopic (exact) mass is 326 g/mol. The summed E-state index contributed by atoms with van der Waals surface area (Å²) in [4.78, 5) is 1.65. The molecule has 120 valence electrons. The molecule has 0 radical (unpaired) electrons. The Morgan fingerprint density at radius 3 is 2.76 bits per heavy atom. The molecule has 0 saturated heterocycles. The second kappa shape index (κ2) is 7.94. The number of thiol groups is 1. The number of fused-ring (bicyclic) bond motifs is 1. The molecule has 0 aliphatic carbocycles. The minimum absolute atomic E-state index is 0.324. The Balaban J connectivity index is 2.22. The van der Waals surface area contributed by atoms with E-state index < -0.39 is 10.0 Å². The van der Waals surface area contributed by atoms with E-state index in [0.29, 0.717) is 12.5 Å². The molecular formula is C18H30OS2. The molecule has 0 spiro atoms. The van der Waals surface area contributed by atoms with Crippen LogP contribution in [0.3, 0.4) is 0 Å². The predicted molar refractivity (Wildman–Crippen MR) is 99.2 cm³/mol. The van der Waals surface area contributed by atoms with Crippen molar-refractivity contribution in [2.24, 2.45) is 0 Å². The lowest BCUT2D eigenvalue weighted by atomic mass is 9.95. The zero-order chi connectivity index (χ0) is 15.3. The van der Waals surface area contributed by atoms with Gasteiger partial charge >= 0.3 is 0 Å². The van der Waals surface area contributed by atoms with Crippen molar-refractivity contribution in [1.29, 1.82) is 0 Å². The van der Waals surface area contributed by atoms with E-state index in [0.717, 1.165) is 24.3 Å². The summed E-state index contributed by atoms with van der Waals surface area (Å²) in [5.74, 6) is 3.33. The molecule has 1 aromatic carbocycles. The normalized spacial score (nSPS) is 27.9. The van der Waals surface area contributed by atoms with Crippen LogP contribution in [0.15, 0.2) is 23.1 Å². The van der Waals surface area contributed by atoms with Crippen LogP contribution in [0.25, 0.3) is 0 Å². The molecule has 2 rings (SSSR count). The summed E-state index contributed by atoms with van der Waals surface area (Å²) in [6, 6.07) is 7.22. The maximum Gasteiger partial charge on any atom is 0.0431 e. The Morgan fingerprint density at radius 2 is 2.10 bits per heavy atom. The zero-order valence-corrected chi connectivity index (χ0v) is 15.2. The van der Waals surface area contributed by atoms with Gasteiger partial charge in [-0.25, -0.2) is 10.0 Å². The lowest BCUT2D eigenvalue weighted by Crippen LogP contribution is -2.20. The van der Waals surface area contributed by atoms with E-state index in [9.17, 15) is 0 Å². The Labute approximate surface area is 137 Å². The van der Waals surface area contributed by atoms with E-state index in [2.05, 4.69) is 32.0 Å². The molecule has 1 N–H and O–H groups in total. The standard InChI is InChI=1S/C18H30OS2/c1-3-21(14-20)12-10-15(2)17-9-8-16(13-18(17)21)7-5-4-6-11-19/h8-9,13,15,19-20H,3-7,10-12,14H2,1-2H3. The Hall–Kier alpha value is -0.120. The SMILES string of the molecule is CCS1(CS)CCC(C)c2ccc(CCCCCO)cc21. The molecule has 1 nitrogen and oxygen atoms in total. The fourth-order valence-electron chi connectivity index (χ4n) is 3.33.